The van der Waals surface area contributed by atoms with Gasteiger partial charge >= 0.3 is 0 Å². The maximum absolute atomic E-state index is 5.30. The third-order valence-electron chi connectivity index (χ3n) is 2.64. The van der Waals surface area contributed by atoms with Gasteiger partial charge in [0.05, 0.1) is 19.3 Å². The zero-order chi connectivity index (χ0) is 12.4. The molecule has 3 aromatic heterocycles. The molecule has 92 valence electrons. The molecule has 0 aliphatic heterocycles. The largest absolute Gasteiger partial charge is 0.480 e. The van der Waals surface area contributed by atoms with Crippen LogP contribution in [0.2, 0.25) is 0 Å². The Kier molecular flexibility index (Phi) is 2.85. The van der Waals surface area contributed by atoms with Crippen molar-refractivity contribution < 1.29 is 4.74 Å². The second kappa shape index (κ2) is 4.66. The number of anilines is 1. The van der Waals surface area contributed by atoms with E-state index in [0.29, 0.717) is 12.4 Å². The predicted molar refractivity (Wildman–Crippen MR) is 71.2 cm³/mol. The van der Waals surface area contributed by atoms with E-state index in [0.717, 1.165) is 16.3 Å². The van der Waals surface area contributed by atoms with Gasteiger partial charge in [0.15, 0.2) is 4.96 Å². The van der Waals surface area contributed by atoms with Crippen LogP contribution in [-0.4, -0.2) is 21.5 Å². The molecule has 3 heterocycles. The Labute approximate surface area is 108 Å². The molecular formula is C12H12N4OS. The van der Waals surface area contributed by atoms with E-state index in [9.17, 15) is 0 Å². The summed E-state index contributed by atoms with van der Waals surface area (Å²) in [6, 6.07) is 3.88. The lowest BCUT2D eigenvalue weighted by molar-refractivity contribution is 0.395. The molecular weight excluding hydrogens is 248 g/mol. The number of aromatic nitrogens is 3. The minimum atomic E-state index is 0.646. The molecule has 0 aromatic carbocycles. The van der Waals surface area contributed by atoms with Gasteiger partial charge in [-0.3, -0.25) is 9.38 Å². The number of imidazole rings is 1. The van der Waals surface area contributed by atoms with E-state index in [2.05, 4.69) is 15.3 Å². The quantitative estimate of drug-likeness (QED) is 0.782. The Morgan fingerprint density at radius 3 is 3.22 bits per heavy atom. The van der Waals surface area contributed by atoms with E-state index in [4.69, 9.17) is 4.74 Å². The summed E-state index contributed by atoms with van der Waals surface area (Å²) >= 11 is 1.59. The Balaban J connectivity index is 1.87. The van der Waals surface area contributed by atoms with Crippen molar-refractivity contribution in [3.05, 3.63) is 41.8 Å². The Morgan fingerprint density at radius 1 is 1.50 bits per heavy atom. The molecule has 0 radical (unpaired) electrons. The summed E-state index contributed by atoms with van der Waals surface area (Å²) < 4.78 is 7.33. The maximum atomic E-state index is 5.30. The smallest absolute Gasteiger partial charge is 0.238 e. The summed E-state index contributed by atoms with van der Waals surface area (Å²) in [4.78, 5) is 9.41. The van der Waals surface area contributed by atoms with Crippen molar-refractivity contribution in [2.24, 2.45) is 0 Å². The molecule has 0 fully saturated rings. The molecule has 3 rings (SSSR count). The van der Waals surface area contributed by atoms with Crippen LogP contribution in [0.1, 0.15) is 5.69 Å². The van der Waals surface area contributed by atoms with Crippen molar-refractivity contribution in [1.82, 2.24) is 14.4 Å². The van der Waals surface area contributed by atoms with Crippen molar-refractivity contribution in [3.63, 3.8) is 0 Å². The van der Waals surface area contributed by atoms with Crippen molar-refractivity contribution >= 4 is 22.0 Å². The number of ether oxygens (including phenoxy) is 1. The average molecular weight is 260 g/mol. The molecule has 0 bridgehead atoms. The molecule has 0 spiro atoms. The van der Waals surface area contributed by atoms with Gasteiger partial charge in [0, 0.05) is 24.0 Å². The highest BCUT2D eigenvalue weighted by Crippen LogP contribution is 2.23. The minimum Gasteiger partial charge on any atom is -0.480 e. The van der Waals surface area contributed by atoms with E-state index >= 15 is 0 Å². The third kappa shape index (κ3) is 1.91. The molecule has 3 aromatic rings. The highest BCUT2D eigenvalue weighted by molar-refractivity contribution is 7.15. The van der Waals surface area contributed by atoms with Crippen LogP contribution >= 0.6 is 11.3 Å². The van der Waals surface area contributed by atoms with Crippen LogP contribution in [0.3, 0.4) is 0 Å². The molecule has 1 N–H and O–H groups in total. The number of nitrogens with zero attached hydrogens (tertiary/aromatic N) is 3. The maximum Gasteiger partial charge on any atom is 0.238 e. The number of nitrogens with one attached hydrogen (secondary N) is 1. The first kappa shape index (κ1) is 11.0. The average Bonchev–Trinajstić information content (AvgIpc) is 2.98. The second-order valence-corrected chi connectivity index (χ2v) is 4.59. The summed E-state index contributed by atoms with van der Waals surface area (Å²) in [5, 5.41) is 5.31. The van der Waals surface area contributed by atoms with Crippen LogP contribution in [0.5, 0.6) is 5.88 Å². The Hall–Kier alpha value is -2.08. The first-order valence-electron chi connectivity index (χ1n) is 5.51. The fourth-order valence-corrected chi connectivity index (χ4v) is 2.51. The van der Waals surface area contributed by atoms with Crippen LogP contribution in [0.4, 0.5) is 5.69 Å². The zero-order valence-corrected chi connectivity index (χ0v) is 10.6. The normalized spacial score (nSPS) is 10.7. The summed E-state index contributed by atoms with van der Waals surface area (Å²) in [6.07, 6.45) is 5.54. The molecule has 18 heavy (non-hydrogen) atoms. The van der Waals surface area contributed by atoms with Gasteiger partial charge in [-0.25, -0.2) is 0 Å². The molecule has 0 amide bonds. The van der Waals surface area contributed by atoms with E-state index in [-0.39, 0.29) is 0 Å². The number of pyridine rings is 1. The number of hydrogen-bond acceptors (Lipinski definition) is 5. The summed E-state index contributed by atoms with van der Waals surface area (Å²) in [7, 11) is 1.64. The molecule has 0 unspecified atom stereocenters. The van der Waals surface area contributed by atoms with E-state index in [1.807, 2.05) is 28.1 Å². The Morgan fingerprint density at radius 2 is 2.44 bits per heavy atom. The van der Waals surface area contributed by atoms with Crippen molar-refractivity contribution in [2.75, 3.05) is 12.4 Å². The topological polar surface area (TPSA) is 51.5 Å². The highest BCUT2D eigenvalue weighted by Gasteiger charge is 2.13. The first-order valence-corrected chi connectivity index (χ1v) is 6.39. The number of hydrogen-bond donors (Lipinski definition) is 1. The van der Waals surface area contributed by atoms with Gasteiger partial charge in [0.2, 0.25) is 5.88 Å². The Bertz CT molecular complexity index is 646. The van der Waals surface area contributed by atoms with Gasteiger partial charge in [-0.05, 0) is 12.1 Å². The monoisotopic (exact) mass is 260 g/mol. The molecule has 0 saturated carbocycles. The molecule has 6 heteroatoms. The van der Waals surface area contributed by atoms with Crippen molar-refractivity contribution in [2.45, 2.75) is 6.54 Å². The lowest BCUT2D eigenvalue weighted by atomic mass is 10.4. The van der Waals surface area contributed by atoms with Crippen LogP contribution in [0.25, 0.3) is 4.96 Å². The van der Waals surface area contributed by atoms with Gasteiger partial charge in [-0.15, -0.1) is 11.3 Å². The predicted octanol–water partition coefficient (Wildman–Crippen LogP) is 2.41. The molecule has 0 saturated heterocycles. The summed E-state index contributed by atoms with van der Waals surface area (Å²) in [6.45, 7) is 0.646. The number of thiazole rings is 1. The molecule has 0 aliphatic rings. The molecule has 5 nitrogen and oxygen atoms in total. The SMILES string of the molecule is COc1nc2sccn2c1CNc1cccnc1. The zero-order valence-electron chi connectivity index (χ0n) is 9.83. The fraction of sp³-hybridized carbons (Fsp3) is 0.167. The lowest BCUT2D eigenvalue weighted by Crippen LogP contribution is -2.03. The van der Waals surface area contributed by atoms with Crippen LogP contribution in [-0.2, 0) is 6.54 Å². The number of rotatable bonds is 4. The first-order chi connectivity index (χ1) is 8.88. The number of fused-ring (bicyclic) bond motifs is 1. The van der Waals surface area contributed by atoms with Gasteiger partial charge < -0.3 is 10.1 Å². The lowest BCUT2D eigenvalue weighted by Gasteiger charge is -2.06. The fourth-order valence-electron chi connectivity index (χ4n) is 1.79. The van der Waals surface area contributed by atoms with Gasteiger partial charge in [0.1, 0.15) is 5.69 Å². The van der Waals surface area contributed by atoms with Crippen molar-refractivity contribution in [3.8, 4) is 5.88 Å². The minimum absolute atomic E-state index is 0.646. The standard InChI is InChI=1S/C12H12N4OS/c1-17-11-10(16-5-6-18-12(16)15-11)8-14-9-3-2-4-13-7-9/h2-7,14H,8H2,1H3. The summed E-state index contributed by atoms with van der Waals surface area (Å²) in [5.41, 5.74) is 1.99. The molecule has 0 aliphatic carbocycles. The third-order valence-corrected chi connectivity index (χ3v) is 3.40. The van der Waals surface area contributed by atoms with E-state index < -0.39 is 0 Å². The van der Waals surface area contributed by atoms with E-state index in [1.54, 1.807) is 30.8 Å². The molecule has 0 atom stereocenters. The van der Waals surface area contributed by atoms with Crippen LogP contribution < -0.4 is 10.1 Å². The van der Waals surface area contributed by atoms with E-state index in [1.165, 1.54) is 0 Å². The highest BCUT2D eigenvalue weighted by atomic mass is 32.1. The van der Waals surface area contributed by atoms with Gasteiger partial charge in [-0.2, -0.15) is 4.98 Å². The van der Waals surface area contributed by atoms with Gasteiger partial charge in [0.25, 0.3) is 0 Å². The summed E-state index contributed by atoms with van der Waals surface area (Å²) in [5.74, 6) is 0.665. The van der Waals surface area contributed by atoms with Crippen molar-refractivity contribution in [1.29, 1.82) is 0 Å². The number of methoxy groups -OCH3 is 1. The van der Waals surface area contributed by atoms with Crippen LogP contribution in [0, 0.1) is 0 Å². The second-order valence-electron chi connectivity index (χ2n) is 3.72. The van der Waals surface area contributed by atoms with Crippen LogP contribution in [0.15, 0.2) is 36.1 Å². The van der Waals surface area contributed by atoms with Gasteiger partial charge in [-0.1, -0.05) is 0 Å².